The molecule has 1 aliphatic heterocycles. The van der Waals surface area contributed by atoms with Crippen LogP contribution in [0.15, 0.2) is 55.2 Å². The van der Waals surface area contributed by atoms with Crippen molar-refractivity contribution in [3.8, 4) is 5.69 Å². The Morgan fingerprint density at radius 1 is 1.14 bits per heavy atom. The van der Waals surface area contributed by atoms with Crippen LogP contribution >= 0.6 is 0 Å². The lowest BCUT2D eigenvalue weighted by molar-refractivity contribution is 0.0743. The monoisotopic (exact) mass is 376 g/mol. The van der Waals surface area contributed by atoms with Crippen molar-refractivity contribution in [3.63, 3.8) is 0 Å². The molecule has 2 aromatic heterocycles. The van der Waals surface area contributed by atoms with Gasteiger partial charge in [0.25, 0.3) is 5.91 Å². The summed E-state index contributed by atoms with van der Waals surface area (Å²) in [5.74, 6) is 0.786. The molecule has 3 aromatic rings. The van der Waals surface area contributed by atoms with Crippen LogP contribution in [0.2, 0.25) is 0 Å². The molecule has 1 amide bonds. The average Bonchev–Trinajstić information content (AvgIpc) is 3.46. The van der Waals surface area contributed by atoms with E-state index in [2.05, 4.69) is 20.0 Å². The maximum absolute atomic E-state index is 13.2. The average molecular weight is 376 g/mol. The summed E-state index contributed by atoms with van der Waals surface area (Å²) >= 11 is 0. The van der Waals surface area contributed by atoms with Gasteiger partial charge in [-0.25, -0.2) is 14.6 Å². The van der Waals surface area contributed by atoms with E-state index < -0.39 is 0 Å². The SMILES string of the molecule is CC(c1ccc(-n2cncn2)cc1)N(C)C(=O)c1cccnc1N1CCCC1. The van der Waals surface area contributed by atoms with Gasteiger partial charge in [-0.3, -0.25) is 4.79 Å². The zero-order valence-corrected chi connectivity index (χ0v) is 16.2. The van der Waals surface area contributed by atoms with Crippen LogP contribution in [0.1, 0.15) is 41.7 Å². The molecule has 4 rings (SSSR count). The van der Waals surface area contributed by atoms with Crippen LogP contribution in [0.5, 0.6) is 0 Å². The maximum atomic E-state index is 13.2. The highest BCUT2D eigenvalue weighted by Crippen LogP contribution is 2.26. The summed E-state index contributed by atoms with van der Waals surface area (Å²) in [6, 6.07) is 11.7. The zero-order valence-electron chi connectivity index (χ0n) is 16.2. The van der Waals surface area contributed by atoms with Gasteiger partial charge in [-0.2, -0.15) is 5.10 Å². The lowest BCUT2D eigenvalue weighted by Gasteiger charge is -2.27. The van der Waals surface area contributed by atoms with Crippen LogP contribution in [-0.4, -0.2) is 50.7 Å². The summed E-state index contributed by atoms with van der Waals surface area (Å²) in [5.41, 5.74) is 2.66. The summed E-state index contributed by atoms with van der Waals surface area (Å²) < 4.78 is 1.71. The van der Waals surface area contributed by atoms with E-state index in [1.165, 1.54) is 6.33 Å². The van der Waals surface area contributed by atoms with Crippen molar-refractivity contribution < 1.29 is 4.79 Å². The Bertz CT molecular complexity index is 932. The van der Waals surface area contributed by atoms with Gasteiger partial charge in [-0.05, 0) is 49.6 Å². The van der Waals surface area contributed by atoms with E-state index in [0.717, 1.165) is 43.0 Å². The van der Waals surface area contributed by atoms with Crippen molar-refractivity contribution in [1.82, 2.24) is 24.6 Å². The molecule has 0 radical (unpaired) electrons. The summed E-state index contributed by atoms with van der Waals surface area (Å²) in [5, 5.41) is 4.14. The molecule has 0 bridgehead atoms. The number of hydrogen-bond acceptors (Lipinski definition) is 5. The molecular formula is C21H24N6O. The van der Waals surface area contributed by atoms with Crippen LogP contribution in [0.25, 0.3) is 5.69 Å². The third kappa shape index (κ3) is 3.47. The van der Waals surface area contributed by atoms with Gasteiger partial charge in [0.2, 0.25) is 0 Å². The molecular weight excluding hydrogens is 352 g/mol. The summed E-state index contributed by atoms with van der Waals surface area (Å²) in [6.45, 7) is 3.95. The Morgan fingerprint density at radius 2 is 1.89 bits per heavy atom. The molecule has 1 aromatic carbocycles. The molecule has 1 unspecified atom stereocenters. The number of carbonyl (C=O) groups excluding carboxylic acids is 1. The van der Waals surface area contributed by atoms with Gasteiger partial charge in [0.1, 0.15) is 18.5 Å². The van der Waals surface area contributed by atoms with Crippen molar-refractivity contribution in [3.05, 3.63) is 66.4 Å². The van der Waals surface area contributed by atoms with E-state index >= 15 is 0 Å². The Kier molecular flexibility index (Phi) is 5.06. The largest absolute Gasteiger partial charge is 0.356 e. The Hall–Kier alpha value is -3.22. The molecule has 0 spiro atoms. The molecule has 7 nitrogen and oxygen atoms in total. The lowest BCUT2D eigenvalue weighted by Crippen LogP contribution is -2.32. The van der Waals surface area contributed by atoms with Crippen LogP contribution < -0.4 is 4.90 Å². The summed E-state index contributed by atoms with van der Waals surface area (Å²) in [7, 11) is 1.85. The standard InChI is InChI=1S/C21H24N6O/c1-16(17-7-9-18(10-8-17)27-15-22-14-24-27)25(2)21(28)19-6-5-11-23-20(19)26-12-3-4-13-26/h5-11,14-16H,3-4,12-13H2,1-2H3. The first-order valence-corrected chi connectivity index (χ1v) is 9.57. The first kappa shape index (κ1) is 18.2. The molecule has 0 N–H and O–H groups in total. The van der Waals surface area contributed by atoms with Gasteiger partial charge >= 0.3 is 0 Å². The van der Waals surface area contributed by atoms with Crippen molar-refractivity contribution in [1.29, 1.82) is 0 Å². The van der Waals surface area contributed by atoms with Gasteiger partial charge < -0.3 is 9.80 Å². The summed E-state index contributed by atoms with van der Waals surface area (Å²) in [4.78, 5) is 25.7. The Morgan fingerprint density at radius 3 is 2.57 bits per heavy atom. The minimum Gasteiger partial charge on any atom is -0.356 e. The molecule has 3 heterocycles. The molecule has 1 atom stereocenters. The first-order chi connectivity index (χ1) is 13.6. The second-order valence-corrected chi connectivity index (χ2v) is 7.09. The highest BCUT2D eigenvalue weighted by atomic mass is 16.2. The number of hydrogen-bond donors (Lipinski definition) is 0. The normalized spacial score (nSPS) is 14.9. The highest BCUT2D eigenvalue weighted by molar-refractivity contribution is 5.99. The number of amides is 1. The third-order valence-corrected chi connectivity index (χ3v) is 5.38. The zero-order chi connectivity index (χ0) is 19.5. The molecule has 7 heteroatoms. The fourth-order valence-corrected chi connectivity index (χ4v) is 3.58. The molecule has 0 saturated carbocycles. The van der Waals surface area contributed by atoms with E-state index in [1.54, 1.807) is 22.1 Å². The van der Waals surface area contributed by atoms with Gasteiger partial charge in [0.15, 0.2) is 0 Å². The molecule has 28 heavy (non-hydrogen) atoms. The van der Waals surface area contributed by atoms with E-state index in [0.29, 0.717) is 5.56 Å². The van der Waals surface area contributed by atoms with E-state index in [-0.39, 0.29) is 11.9 Å². The first-order valence-electron chi connectivity index (χ1n) is 9.57. The van der Waals surface area contributed by atoms with Crippen molar-refractivity contribution in [2.75, 3.05) is 25.0 Å². The van der Waals surface area contributed by atoms with Crippen LogP contribution in [0, 0.1) is 0 Å². The third-order valence-electron chi connectivity index (χ3n) is 5.38. The van der Waals surface area contributed by atoms with Crippen molar-refractivity contribution in [2.24, 2.45) is 0 Å². The molecule has 1 fully saturated rings. The topological polar surface area (TPSA) is 67.2 Å². The number of aromatic nitrogens is 4. The maximum Gasteiger partial charge on any atom is 0.257 e. The van der Waals surface area contributed by atoms with Gasteiger partial charge in [0.05, 0.1) is 17.3 Å². The second kappa shape index (κ2) is 7.80. The number of rotatable bonds is 5. The van der Waals surface area contributed by atoms with E-state index in [1.807, 2.05) is 50.4 Å². The Balaban J connectivity index is 1.54. The van der Waals surface area contributed by atoms with Crippen molar-refractivity contribution >= 4 is 11.7 Å². The van der Waals surface area contributed by atoms with Crippen LogP contribution in [0.3, 0.4) is 0 Å². The predicted octanol–water partition coefficient (Wildman–Crippen LogP) is 3.10. The fourth-order valence-electron chi connectivity index (χ4n) is 3.58. The predicted molar refractivity (Wildman–Crippen MR) is 108 cm³/mol. The van der Waals surface area contributed by atoms with Gasteiger partial charge in [-0.1, -0.05) is 12.1 Å². The number of pyridine rings is 1. The van der Waals surface area contributed by atoms with E-state index in [4.69, 9.17) is 0 Å². The van der Waals surface area contributed by atoms with Gasteiger partial charge in [-0.15, -0.1) is 0 Å². The van der Waals surface area contributed by atoms with Crippen LogP contribution in [0.4, 0.5) is 5.82 Å². The highest BCUT2D eigenvalue weighted by Gasteiger charge is 2.25. The fraction of sp³-hybridized carbons (Fsp3) is 0.333. The molecule has 1 saturated heterocycles. The quantitative estimate of drug-likeness (QED) is 0.684. The second-order valence-electron chi connectivity index (χ2n) is 7.09. The lowest BCUT2D eigenvalue weighted by atomic mass is 10.1. The Labute approximate surface area is 164 Å². The number of carbonyl (C=O) groups is 1. The number of anilines is 1. The van der Waals surface area contributed by atoms with Crippen LogP contribution in [-0.2, 0) is 0 Å². The summed E-state index contributed by atoms with van der Waals surface area (Å²) in [6.07, 6.45) is 7.23. The minimum atomic E-state index is -0.0658. The van der Waals surface area contributed by atoms with E-state index in [9.17, 15) is 4.79 Å². The van der Waals surface area contributed by atoms with Crippen molar-refractivity contribution in [2.45, 2.75) is 25.8 Å². The molecule has 1 aliphatic rings. The molecule has 144 valence electrons. The smallest absolute Gasteiger partial charge is 0.257 e. The number of nitrogens with zero attached hydrogens (tertiary/aromatic N) is 6. The number of benzene rings is 1. The molecule has 0 aliphatic carbocycles. The minimum absolute atomic E-state index is 0.0112. The van der Waals surface area contributed by atoms with Gasteiger partial charge in [0, 0.05) is 26.3 Å².